The Morgan fingerprint density at radius 3 is 2.70 bits per heavy atom. The number of aryl methyl sites for hydroxylation is 1. The smallest absolute Gasteiger partial charge is 0.356 e. The molecule has 0 spiro atoms. The van der Waals surface area contributed by atoms with Crippen molar-refractivity contribution in [2.75, 3.05) is 7.11 Å². The van der Waals surface area contributed by atoms with Gasteiger partial charge in [-0.25, -0.2) is 9.78 Å². The summed E-state index contributed by atoms with van der Waals surface area (Å²) in [4.78, 5) is 27.2. The van der Waals surface area contributed by atoms with Crippen LogP contribution in [0.2, 0.25) is 0 Å². The van der Waals surface area contributed by atoms with Crippen LogP contribution in [0.5, 0.6) is 0 Å². The van der Waals surface area contributed by atoms with Crippen molar-refractivity contribution in [3.63, 3.8) is 0 Å². The van der Waals surface area contributed by atoms with E-state index in [1.54, 1.807) is 29.7 Å². The predicted octanol–water partition coefficient (Wildman–Crippen LogP) is 1.13. The minimum Gasteiger partial charge on any atom is -0.464 e. The molecule has 0 aliphatic heterocycles. The highest BCUT2D eigenvalue weighted by Crippen LogP contribution is 2.14. The van der Waals surface area contributed by atoms with Crippen molar-refractivity contribution in [2.45, 2.75) is 13.5 Å². The molecule has 104 valence electrons. The summed E-state index contributed by atoms with van der Waals surface area (Å²) in [5, 5.41) is 0. The number of imidazole rings is 1. The number of nitrogens with two attached hydrogens (primary N) is 1. The monoisotopic (exact) mass is 273 g/mol. The Labute approximate surface area is 116 Å². The zero-order valence-electron chi connectivity index (χ0n) is 11.3. The van der Waals surface area contributed by atoms with Crippen molar-refractivity contribution in [1.82, 2.24) is 9.55 Å². The molecule has 6 nitrogen and oxygen atoms in total. The van der Waals surface area contributed by atoms with Gasteiger partial charge in [-0.15, -0.1) is 0 Å². The average Bonchev–Trinajstić information content (AvgIpc) is 2.80. The second kappa shape index (κ2) is 5.56. The van der Waals surface area contributed by atoms with Crippen LogP contribution in [0.4, 0.5) is 0 Å². The number of amides is 1. The van der Waals surface area contributed by atoms with Gasteiger partial charge in [-0.3, -0.25) is 4.79 Å². The van der Waals surface area contributed by atoms with Crippen LogP contribution in [0.3, 0.4) is 0 Å². The number of rotatable bonds is 4. The van der Waals surface area contributed by atoms with Gasteiger partial charge in [0.1, 0.15) is 11.5 Å². The van der Waals surface area contributed by atoms with Gasteiger partial charge < -0.3 is 15.0 Å². The number of nitrogens with zero attached hydrogens (tertiary/aromatic N) is 2. The third-order valence-electron chi connectivity index (χ3n) is 3.06. The quantitative estimate of drug-likeness (QED) is 0.846. The molecule has 1 aromatic heterocycles. The first kappa shape index (κ1) is 13.8. The van der Waals surface area contributed by atoms with Gasteiger partial charge in [0, 0.05) is 5.56 Å². The van der Waals surface area contributed by atoms with E-state index in [0.717, 1.165) is 5.56 Å². The molecule has 0 bridgehead atoms. The first-order valence-corrected chi connectivity index (χ1v) is 6.02. The number of carbonyl (C=O) groups excluding carboxylic acids is 2. The molecule has 1 aromatic carbocycles. The zero-order valence-corrected chi connectivity index (χ0v) is 11.3. The summed E-state index contributed by atoms with van der Waals surface area (Å²) in [7, 11) is 1.31. The molecule has 1 amide bonds. The van der Waals surface area contributed by atoms with Crippen molar-refractivity contribution in [1.29, 1.82) is 0 Å². The number of primary amides is 1. The largest absolute Gasteiger partial charge is 0.464 e. The summed E-state index contributed by atoms with van der Waals surface area (Å²) in [6, 6.07) is 7.00. The lowest BCUT2D eigenvalue weighted by Gasteiger charge is -2.11. The minimum absolute atomic E-state index is 0.329. The van der Waals surface area contributed by atoms with E-state index in [4.69, 9.17) is 10.5 Å². The number of ether oxygens (including phenoxy) is 1. The van der Waals surface area contributed by atoms with Crippen LogP contribution in [0.15, 0.2) is 30.5 Å². The van der Waals surface area contributed by atoms with Crippen molar-refractivity contribution in [3.8, 4) is 0 Å². The SMILES string of the molecule is COC(=O)c1cnc(C)n1Cc1ccccc1C(N)=O. The van der Waals surface area contributed by atoms with Gasteiger partial charge >= 0.3 is 5.97 Å². The van der Waals surface area contributed by atoms with Gasteiger partial charge in [-0.1, -0.05) is 18.2 Å². The van der Waals surface area contributed by atoms with Crippen LogP contribution in [0.25, 0.3) is 0 Å². The highest BCUT2D eigenvalue weighted by atomic mass is 16.5. The zero-order chi connectivity index (χ0) is 14.7. The van der Waals surface area contributed by atoms with Gasteiger partial charge in [-0.2, -0.15) is 0 Å². The predicted molar refractivity (Wildman–Crippen MR) is 72.4 cm³/mol. The lowest BCUT2D eigenvalue weighted by atomic mass is 10.1. The molecular weight excluding hydrogens is 258 g/mol. The highest BCUT2D eigenvalue weighted by molar-refractivity contribution is 5.94. The molecular formula is C14H15N3O3. The Kier molecular flexibility index (Phi) is 3.84. The van der Waals surface area contributed by atoms with E-state index in [1.165, 1.54) is 13.3 Å². The van der Waals surface area contributed by atoms with Crippen molar-refractivity contribution >= 4 is 11.9 Å². The molecule has 0 aliphatic rings. The summed E-state index contributed by atoms with van der Waals surface area (Å²) in [5.41, 5.74) is 6.84. The Morgan fingerprint density at radius 2 is 2.05 bits per heavy atom. The minimum atomic E-state index is -0.502. The fourth-order valence-corrected chi connectivity index (χ4v) is 2.00. The van der Waals surface area contributed by atoms with Crippen LogP contribution in [0.1, 0.15) is 32.2 Å². The maximum atomic E-state index is 11.7. The van der Waals surface area contributed by atoms with Crippen LogP contribution in [-0.2, 0) is 11.3 Å². The Morgan fingerprint density at radius 1 is 1.35 bits per heavy atom. The lowest BCUT2D eigenvalue weighted by Crippen LogP contribution is -2.17. The number of aromatic nitrogens is 2. The van der Waals surface area contributed by atoms with Crippen molar-refractivity contribution in [2.24, 2.45) is 5.73 Å². The fraction of sp³-hybridized carbons (Fsp3) is 0.214. The number of methoxy groups -OCH3 is 1. The summed E-state index contributed by atoms with van der Waals surface area (Å²) in [6.45, 7) is 2.11. The number of esters is 1. The maximum absolute atomic E-state index is 11.7. The third kappa shape index (κ3) is 2.54. The molecule has 0 fully saturated rings. The molecule has 0 atom stereocenters. The van der Waals surface area contributed by atoms with Crippen LogP contribution in [-0.4, -0.2) is 28.5 Å². The molecule has 0 aliphatic carbocycles. The molecule has 6 heteroatoms. The standard InChI is InChI=1S/C14H15N3O3/c1-9-16-7-12(14(19)20-2)17(9)8-10-5-3-4-6-11(10)13(15)18/h3-7H,8H2,1-2H3,(H2,15,18). The number of carbonyl (C=O) groups is 2. The van der Waals surface area contributed by atoms with Crippen LogP contribution in [0, 0.1) is 6.92 Å². The normalized spacial score (nSPS) is 10.3. The van der Waals surface area contributed by atoms with E-state index in [0.29, 0.717) is 23.6 Å². The van der Waals surface area contributed by atoms with E-state index >= 15 is 0 Å². The van der Waals surface area contributed by atoms with E-state index in [2.05, 4.69) is 4.98 Å². The summed E-state index contributed by atoms with van der Waals surface area (Å²) < 4.78 is 6.40. The van der Waals surface area contributed by atoms with Gasteiger partial charge in [0.25, 0.3) is 0 Å². The maximum Gasteiger partial charge on any atom is 0.356 e. The van der Waals surface area contributed by atoms with E-state index in [9.17, 15) is 9.59 Å². The molecule has 1 heterocycles. The van der Waals surface area contributed by atoms with Crippen LogP contribution >= 0.6 is 0 Å². The van der Waals surface area contributed by atoms with Crippen molar-refractivity contribution < 1.29 is 14.3 Å². The van der Waals surface area contributed by atoms with Gasteiger partial charge in [-0.05, 0) is 18.6 Å². The molecule has 0 saturated carbocycles. The molecule has 2 aromatic rings. The summed E-state index contributed by atoms with van der Waals surface area (Å²) in [6.07, 6.45) is 1.45. The molecule has 0 saturated heterocycles. The molecule has 2 N–H and O–H groups in total. The number of hydrogen-bond donors (Lipinski definition) is 1. The Hall–Kier alpha value is -2.63. The highest BCUT2D eigenvalue weighted by Gasteiger charge is 2.17. The van der Waals surface area contributed by atoms with Crippen LogP contribution < -0.4 is 5.73 Å². The van der Waals surface area contributed by atoms with E-state index in [1.807, 2.05) is 6.07 Å². The second-order valence-corrected chi connectivity index (χ2v) is 4.29. The topological polar surface area (TPSA) is 87.2 Å². The van der Waals surface area contributed by atoms with Gasteiger partial charge in [0.2, 0.25) is 5.91 Å². The fourth-order valence-electron chi connectivity index (χ4n) is 2.00. The molecule has 0 radical (unpaired) electrons. The summed E-state index contributed by atoms with van der Waals surface area (Å²) in [5.74, 6) is -0.315. The van der Waals surface area contributed by atoms with Gasteiger partial charge in [0.15, 0.2) is 0 Å². The Bertz CT molecular complexity index is 661. The van der Waals surface area contributed by atoms with E-state index in [-0.39, 0.29) is 0 Å². The molecule has 20 heavy (non-hydrogen) atoms. The average molecular weight is 273 g/mol. The summed E-state index contributed by atoms with van der Waals surface area (Å²) >= 11 is 0. The first-order chi connectivity index (χ1) is 9.54. The molecule has 0 unspecified atom stereocenters. The first-order valence-electron chi connectivity index (χ1n) is 6.02. The number of hydrogen-bond acceptors (Lipinski definition) is 4. The molecule has 2 rings (SSSR count). The number of benzene rings is 1. The van der Waals surface area contributed by atoms with E-state index < -0.39 is 11.9 Å². The van der Waals surface area contributed by atoms with Gasteiger partial charge in [0.05, 0.1) is 19.9 Å². The van der Waals surface area contributed by atoms with Crippen molar-refractivity contribution in [3.05, 3.63) is 53.1 Å². The lowest BCUT2D eigenvalue weighted by molar-refractivity contribution is 0.0588. The second-order valence-electron chi connectivity index (χ2n) is 4.29. The third-order valence-corrected chi connectivity index (χ3v) is 3.06. The Balaban J connectivity index is 2.43.